The van der Waals surface area contributed by atoms with E-state index in [0.29, 0.717) is 12.2 Å². The highest BCUT2D eigenvalue weighted by atomic mass is 16.5. The predicted molar refractivity (Wildman–Crippen MR) is 79.3 cm³/mol. The largest absolute Gasteiger partial charge is 0.496 e. The first-order valence-electron chi connectivity index (χ1n) is 6.89. The smallest absolute Gasteiger partial charge is 0.293 e. The van der Waals surface area contributed by atoms with E-state index in [9.17, 15) is 4.79 Å². The summed E-state index contributed by atoms with van der Waals surface area (Å²) in [6, 6.07) is 7.51. The summed E-state index contributed by atoms with van der Waals surface area (Å²) in [4.78, 5) is 18.2. The number of aromatic amines is 1. The molecule has 1 aromatic heterocycles. The van der Waals surface area contributed by atoms with E-state index < -0.39 is 0 Å². The van der Waals surface area contributed by atoms with Crippen molar-refractivity contribution in [1.29, 1.82) is 0 Å². The molecule has 1 amide bonds. The second-order valence-electron chi connectivity index (χ2n) is 4.79. The van der Waals surface area contributed by atoms with Crippen molar-refractivity contribution in [2.75, 3.05) is 14.2 Å². The van der Waals surface area contributed by atoms with E-state index in [0.717, 1.165) is 11.3 Å². The molecule has 2 aromatic rings. The van der Waals surface area contributed by atoms with Gasteiger partial charge in [0.05, 0.1) is 13.2 Å². The molecular weight excluding hydrogens is 268 g/mol. The van der Waals surface area contributed by atoms with Gasteiger partial charge in [-0.2, -0.15) is 0 Å². The summed E-state index contributed by atoms with van der Waals surface area (Å²) in [5.41, 5.74) is 0.946. The number of hydrogen-bond donors (Lipinski definition) is 1. The molecular formula is C15H20N4O2. The lowest BCUT2D eigenvalue weighted by Crippen LogP contribution is -2.30. The van der Waals surface area contributed by atoms with Crippen LogP contribution in [0, 0.1) is 0 Å². The fraction of sp³-hybridized carbons (Fsp3) is 0.400. The van der Waals surface area contributed by atoms with Crippen LogP contribution in [0.15, 0.2) is 24.3 Å². The molecule has 0 aliphatic carbocycles. The third-order valence-electron chi connectivity index (χ3n) is 3.55. The van der Waals surface area contributed by atoms with Crippen LogP contribution in [0.25, 0.3) is 0 Å². The van der Waals surface area contributed by atoms with Gasteiger partial charge in [-0.25, -0.2) is 4.98 Å². The minimum absolute atomic E-state index is 0.141. The summed E-state index contributed by atoms with van der Waals surface area (Å²) < 4.78 is 5.35. The normalized spacial score (nSPS) is 12.0. The third kappa shape index (κ3) is 3.04. The van der Waals surface area contributed by atoms with Crippen LogP contribution in [0.3, 0.4) is 0 Å². The Labute approximate surface area is 124 Å². The fourth-order valence-electron chi connectivity index (χ4n) is 2.10. The number of H-pyrrole nitrogens is 1. The number of carbonyl (C=O) groups excluding carboxylic acids is 1. The van der Waals surface area contributed by atoms with Gasteiger partial charge >= 0.3 is 0 Å². The number of amides is 1. The number of ether oxygens (including phenoxy) is 1. The summed E-state index contributed by atoms with van der Waals surface area (Å²) >= 11 is 0. The summed E-state index contributed by atoms with van der Waals surface area (Å²) in [5.74, 6) is 1.44. The molecule has 1 heterocycles. The number of rotatable bonds is 5. The van der Waals surface area contributed by atoms with Crippen molar-refractivity contribution in [3.63, 3.8) is 0 Å². The average Bonchev–Trinajstić information content (AvgIpc) is 3.01. The van der Waals surface area contributed by atoms with Crippen LogP contribution in [0.1, 0.15) is 41.9 Å². The van der Waals surface area contributed by atoms with Crippen molar-refractivity contribution in [1.82, 2.24) is 20.1 Å². The van der Waals surface area contributed by atoms with Crippen molar-refractivity contribution in [2.45, 2.75) is 26.3 Å². The second-order valence-corrected chi connectivity index (χ2v) is 4.79. The van der Waals surface area contributed by atoms with Crippen molar-refractivity contribution in [3.8, 4) is 5.75 Å². The first-order chi connectivity index (χ1) is 10.1. The molecule has 0 fully saturated rings. The predicted octanol–water partition coefficient (Wildman–Crippen LogP) is 2.21. The Morgan fingerprint density at radius 1 is 1.43 bits per heavy atom. The Morgan fingerprint density at radius 2 is 2.14 bits per heavy atom. The third-order valence-corrected chi connectivity index (χ3v) is 3.55. The van der Waals surface area contributed by atoms with Gasteiger partial charge in [-0.1, -0.05) is 25.1 Å². The highest BCUT2D eigenvalue weighted by Crippen LogP contribution is 2.28. The fourth-order valence-corrected chi connectivity index (χ4v) is 2.10. The van der Waals surface area contributed by atoms with Gasteiger partial charge in [-0.3, -0.25) is 9.89 Å². The standard InChI is InChI=1S/C15H20N4O2/c1-5-13-16-14(18-17-13)15(20)19(3)10(2)11-8-6-7-9-12(11)21-4/h6-10H,5H2,1-4H3,(H,16,17,18). The van der Waals surface area contributed by atoms with E-state index in [1.54, 1.807) is 19.1 Å². The van der Waals surface area contributed by atoms with Crippen LogP contribution in [-0.4, -0.2) is 40.1 Å². The van der Waals surface area contributed by atoms with E-state index in [4.69, 9.17) is 4.74 Å². The number of para-hydroxylation sites is 1. The Kier molecular flexibility index (Phi) is 4.57. The van der Waals surface area contributed by atoms with Gasteiger partial charge in [0.1, 0.15) is 11.6 Å². The van der Waals surface area contributed by atoms with Crippen molar-refractivity contribution < 1.29 is 9.53 Å². The monoisotopic (exact) mass is 288 g/mol. The van der Waals surface area contributed by atoms with E-state index in [1.807, 2.05) is 38.1 Å². The lowest BCUT2D eigenvalue weighted by Gasteiger charge is -2.25. The summed E-state index contributed by atoms with van der Waals surface area (Å²) in [6.07, 6.45) is 0.714. The van der Waals surface area contributed by atoms with Gasteiger partial charge in [-0.05, 0) is 13.0 Å². The van der Waals surface area contributed by atoms with Gasteiger partial charge in [0, 0.05) is 19.0 Å². The van der Waals surface area contributed by atoms with Gasteiger partial charge in [0.25, 0.3) is 5.91 Å². The summed E-state index contributed by atoms with van der Waals surface area (Å²) in [7, 11) is 3.36. The molecule has 0 radical (unpaired) electrons. The number of nitrogens with one attached hydrogen (secondary N) is 1. The second kappa shape index (κ2) is 6.39. The molecule has 0 aliphatic heterocycles. The molecule has 6 heteroatoms. The molecule has 0 aliphatic rings. The zero-order valence-corrected chi connectivity index (χ0v) is 12.8. The van der Waals surface area contributed by atoms with Crippen LogP contribution in [0.5, 0.6) is 5.75 Å². The van der Waals surface area contributed by atoms with Crippen LogP contribution < -0.4 is 4.74 Å². The minimum Gasteiger partial charge on any atom is -0.496 e. The number of benzene rings is 1. The van der Waals surface area contributed by atoms with Crippen LogP contribution in [0.4, 0.5) is 0 Å². The minimum atomic E-state index is -0.218. The molecule has 1 aromatic carbocycles. The van der Waals surface area contributed by atoms with E-state index >= 15 is 0 Å². The van der Waals surface area contributed by atoms with Crippen molar-refractivity contribution in [2.24, 2.45) is 0 Å². The Hall–Kier alpha value is -2.37. The summed E-state index contributed by atoms with van der Waals surface area (Å²) in [5, 5.41) is 6.73. The number of aryl methyl sites for hydroxylation is 1. The quantitative estimate of drug-likeness (QED) is 0.915. The highest BCUT2D eigenvalue weighted by Gasteiger charge is 2.24. The van der Waals surface area contributed by atoms with Crippen LogP contribution in [0.2, 0.25) is 0 Å². The van der Waals surface area contributed by atoms with Crippen LogP contribution >= 0.6 is 0 Å². The van der Waals surface area contributed by atoms with E-state index in [1.165, 1.54) is 0 Å². The average molecular weight is 288 g/mol. The Bertz CT molecular complexity index is 624. The molecule has 21 heavy (non-hydrogen) atoms. The van der Waals surface area contributed by atoms with Crippen molar-refractivity contribution >= 4 is 5.91 Å². The van der Waals surface area contributed by atoms with Gasteiger partial charge in [-0.15, -0.1) is 5.10 Å². The topological polar surface area (TPSA) is 71.1 Å². The Balaban J connectivity index is 2.22. The van der Waals surface area contributed by atoms with Gasteiger partial charge < -0.3 is 9.64 Å². The zero-order valence-electron chi connectivity index (χ0n) is 12.8. The maximum absolute atomic E-state index is 12.4. The van der Waals surface area contributed by atoms with Crippen molar-refractivity contribution in [3.05, 3.63) is 41.5 Å². The maximum Gasteiger partial charge on any atom is 0.293 e. The number of methoxy groups -OCH3 is 1. The molecule has 112 valence electrons. The van der Waals surface area contributed by atoms with Gasteiger partial charge in [0.2, 0.25) is 5.82 Å². The molecule has 0 spiro atoms. The molecule has 0 bridgehead atoms. The van der Waals surface area contributed by atoms with Crippen LogP contribution in [-0.2, 0) is 6.42 Å². The molecule has 0 saturated heterocycles. The first kappa shape index (κ1) is 15.0. The first-order valence-corrected chi connectivity index (χ1v) is 6.89. The number of hydrogen-bond acceptors (Lipinski definition) is 4. The summed E-state index contributed by atoms with van der Waals surface area (Å²) in [6.45, 7) is 3.90. The van der Waals surface area contributed by atoms with Gasteiger partial charge in [0.15, 0.2) is 0 Å². The zero-order chi connectivity index (χ0) is 15.4. The molecule has 2 rings (SSSR count). The van der Waals surface area contributed by atoms with E-state index in [-0.39, 0.29) is 17.8 Å². The number of carbonyl (C=O) groups is 1. The molecule has 6 nitrogen and oxygen atoms in total. The maximum atomic E-state index is 12.4. The number of aromatic nitrogens is 3. The molecule has 1 unspecified atom stereocenters. The lowest BCUT2D eigenvalue weighted by atomic mass is 10.1. The number of nitrogens with zero attached hydrogens (tertiary/aromatic N) is 3. The Morgan fingerprint density at radius 3 is 2.76 bits per heavy atom. The molecule has 1 N–H and O–H groups in total. The van der Waals surface area contributed by atoms with E-state index in [2.05, 4.69) is 15.2 Å². The highest BCUT2D eigenvalue weighted by molar-refractivity contribution is 5.90. The SMILES string of the molecule is CCc1nc(C(=O)N(C)C(C)c2ccccc2OC)n[nH]1. The molecule has 1 atom stereocenters. The lowest BCUT2D eigenvalue weighted by molar-refractivity contribution is 0.0729. The molecule has 0 saturated carbocycles.